The second kappa shape index (κ2) is 7.36. The van der Waals surface area contributed by atoms with E-state index in [1.807, 2.05) is 30.3 Å². The molecule has 0 unspecified atom stereocenters. The molecule has 0 radical (unpaired) electrons. The van der Waals surface area contributed by atoms with Crippen LogP contribution in [0.1, 0.15) is 18.9 Å². The lowest BCUT2D eigenvalue weighted by molar-refractivity contribution is -0.145. The summed E-state index contributed by atoms with van der Waals surface area (Å²) in [6, 6.07) is 8.82. The molecule has 0 aliphatic carbocycles. The minimum Gasteiger partial charge on any atom is -0.467 e. The molecule has 1 aromatic carbocycles. The van der Waals surface area contributed by atoms with Crippen LogP contribution in [0.3, 0.4) is 0 Å². The van der Waals surface area contributed by atoms with E-state index in [4.69, 9.17) is 4.74 Å². The van der Waals surface area contributed by atoms with E-state index in [9.17, 15) is 9.59 Å². The van der Waals surface area contributed by atoms with Crippen molar-refractivity contribution in [3.05, 3.63) is 48.0 Å². The van der Waals surface area contributed by atoms with Gasteiger partial charge in [0, 0.05) is 12.8 Å². The smallest absolute Gasteiger partial charge is 0.328 e. The van der Waals surface area contributed by atoms with Crippen molar-refractivity contribution in [2.24, 2.45) is 0 Å². The third-order valence-corrected chi connectivity index (χ3v) is 2.57. The molecule has 0 aliphatic rings. The van der Waals surface area contributed by atoms with Gasteiger partial charge >= 0.3 is 5.97 Å². The third kappa shape index (κ3) is 5.38. The molecular weight excluding hydrogens is 242 g/mol. The summed E-state index contributed by atoms with van der Waals surface area (Å²) in [5, 5.41) is 2.67. The van der Waals surface area contributed by atoms with E-state index in [1.54, 1.807) is 6.92 Å². The van der Waals surface area contributed by atoms with Gasteiger partial charge in [0.2, 0.25) is 5.91 Å². The average Bonchev–Trinajstić information content (AvgIpc) is 2.37. The number of nitrogens with one attached hydrogen (secondary N) is 1. The molecule has 0 aromatic heterocycles. The summed E-state index contributed by atoms with van der Waals surface area (Å²) < 4.78 is 4.71. The minimum absolute atomic E-state index is 0.211. The van der Waals surface area contributed by atoms with Crippen molar-refractivity contribution in [1.82, 2.24) is 5.32 Å². The number of carbonyl (C=O) groups is 2. The second-order valence-corrected chi connectivity index (χ2v) is 4.47. The van der Waals surface area contributed by atoms with Crippen LogP contribution in [-0.4, -0.2) is 25.0 Å². The number of ether oxygens (including phenoxy) is 1. The van der Waals surface area contributed by atoms with E-state index < -0.39 is 12.0 Å². The number of amides is 1. The highest BCUT2D eigenvalue weighted by Gasteiger charge is 2.21. The Hall–Kier alpha value is -2.10. The highest BCUT2D eigenvalue weighted by atomic mass is 16.5. The van der Waals surface area contributed by atoms with Crippen LogP contribution in [0.15, 0.2) is 42.5 Å². The van der Waals surface area contributed by atoms with Crippen molar-refractivity contribution < 1.29 is 14.3 Å². The average molecular weight is 261 g/mol. The first-order valence-electron chi connectivity index (χ1n) is 6.08. The standard InChI is InChI=1S/C15H19NO3/c1-11(2)9-14(17)16-13(15(18)19-3)10-12-7-5-4-6-8-12/h4-8,13H,1,9-10H2,2-3H3,(H,16,17)/t13-/m0/s1. The van der Waals surface area contributed by atoms with E-state index in [1.165, 1.54) is 7.11 Å². The quantitative estimate of drug-likeness (QED) is 0.628. The van der Waals surface area contributed by atoms with E-state index in [-0.39, 0.29) is 12.3 Å². The maximum Gasteiger partial charge on any atom is 0.328 e. The molecule has 1 N–H and O–H groups in total. The zero-order valence-corrected chi connectivity index (χ0v) is 11.3. The number of benzene rings is 1. The lowest BCUT2D eigenvalue weighted by Crippen LogP contribution is -2.43. The van der Waals surface area contributed by atoms with Crippen LogP contribution >= 0.6 is 0 Å². The topological polar surface area (TPSA) is 55.4 Å². The molecule has 0 saturated heterocycles. The summed E-state index contributed by atoms with van der Waals surface area (Å²) >= 11 is 0. The Morgan fingerprint density at radius 2 is 1.95 bits per heavy atom. The van der Waals surface area contributed by atoms with Crippen molar-refractivity contribution >= 4 is 11.9 Å². The molecule has 4 heteroatoms. The Labute approximate surface area is 113 Å². The van der Waals surface area contributed by atoms with E-state index in [0.717, 1.165) is 11.1 Å². The van der Waals surface area contributed by atoms with Crippen LogP contribution < -0.4 is 5.32 Å². The lowest BCUT2D eigenvalue weighted by atomic mass is 10.1. The van der Waals surface area contributed by atoms with Gasteiger partial charge in [0.25, 0.3) is 0 Å². The first-order valence-corrected chi connectivity index (χ1v) is 6.08. The molecular formula is C15H19NO3. The first kappa shape index (κ1) is 15.0. The highest BCUT2D eigenvalue weighted by Crippen LogP contribution is 2.05. The van der Waals surface area contributed by atoms with Crippen molar-refractivity contribution in [3.8, 4) is 0 Å². The molecule has 4 nitrogen and oxygen atoms in total. The maximum absolute atomic E-state index is 11.7. The Morgan fingerprint density at radius 1 is 1.32 bits per heavy atom. The van der Waals surface area contributed by atoms with Gasteiger partial charge in [-0.05, 0) is 12.5 Å². The van der Waals surface area contributed by atoms with Gasteiger partial charge in [-0.3, -0.25) is 4.79 Å². The Bertz CT molecular complexity index is 454. The van der Waals surface area contributed by atoms with Crippen LogP contribution in [-0.2, 0) is 20.7 Å². The van der Waals surface area contributed by atoms with Crippen LogP contribution in [0.2, 0.25) is 0 Å². The van der Waals surface area contributed by atoms with Crippen LogP contribution in [0.4, 0.5) is 0 Å². The van der Waals surface area contributed by atoms with Crippen LogP contribution in [0, 0.1) is 0 Å². The van der Waals surface area contributed by atoms with Gasteiger partial charge in [0.05, 0.1) is 7.11 Å². The number of esters is 1. The second-order valence-electron chi connectivity index (χ2n) is 4.47. The maximum atomic E-state index is 11.7. The van der Waals surface area contributed by atoms with Gasteiger partial charge in [-0.2, -0.15) is 0 Å². The molecule has 1 amide bonds. The summed E-state index contributed by atoms with van der Waals surface area (Å²) in [7, 11) is 1.31. The minimum atomic E-state index is -0.667. The van der Waals surface area contributed by atoms with Gasteiger partial charge in [0.15, 0.2) is 0 Å². The molecule has 0 aliphatic heterocycles. The normalized spacial score (nSPS) is 11.5. The van der Waals surface area contributed by atoms with Crippen LogP contribution in [0.25, 0.3) is 0 Å². The van der Waals surface area contributed by atoms with Gasteiger partial charge in [-0.15, -0.1) is 0 Å². The molecule has 0 saturated carbocycles. The summed E-state index contributed by atoms with van der Waals surface area (Å²) in [5.74, 6) is -0.669. The third-order valence-electron chi connectivity index (χ3n) is 2.57. The fourth-order valence-electron chi connectivity index (χ4n) is 1.70. The number of carbonyl (C=O) groups excluding carboxylic acids is 2. The van der Waals surface area contributed by atoms with Crippen molar-refractivity contribution in [1.29, 1.82) is 0 Å². The Kier molecular flexibility index (Phi) is 5.79. The van der Waals surface area contributed by atoms with Gasteiger partial charge < -0.3 is 10.1 Å². The summed E-state index contributed by atoms with van der Waals surface area (Å²) in [6.45, 7) is 5.44. The predicted octanol–water partition coefficient (Wildman–Crippen LogP) is 1.85. The molecule has 102 valence electrons. The fourth-order valence-corrected chi connectivity index (χ4v) is 1.70. The van der Waals surface area contributed by atoms with Crippen molar-refractivity contribution in [2.45, 2.75) is 25.8 Å². The molecule has 0 fully saturated rings. The SMILES string of the molecule is C=C(C)CC(=O)N[C@@H](Cc1ccccc1)C(=O)OC. The monoisotopic (exact) mass is 261 g/mol. The molecule has 1 rings (SSSR count). The predicted molar refractivity (Wildman–Crippen MR) is 73.5 cm³/mol. The number of methoxy groups -OCH3 is 1. The molecule has 1 aromatic rings. The number of hydrogen-bond donors (Lipinski definition) is 1. The molecule has 0 bridgehead atoms. The van der Waals surface area contributed by atoms with Crippen molar-refractivity contribution in [3.63, 3.8) is 0 Å². The molecule has 19 heavy (non-hydrogen) atoms. The largest absolute Gasteiger partial charge is 0.467 e. The number of rotatable bonds is 6. The number of hydrogen-bond acceptors (Lipinski definition) is 3. The molecule has 1 atom stereocenters. The lowest BCUT2D eigenvalue weighted by Gasteiger charge is -2.16. The van der Waals surface area contributed by atoms with E-state index in [0.29, 0.717) is 6.42 Å². The van der Waals surface area contributed by atoms with Gasteiger partial charge in [-0.1, -0.05) is 42.5 Å². The molecule has 0 spiro atoms. The fraction of sp³-hybridized carbons (Fsp3) is 0.333. The van der Waals surface area contributed by atoms with Crippen LogP contribution in [0.5, 0.6) is 0 Å². The van der Waals surface area contributed by atoms with E-state index in [2.05, 4.69) is 11.9 Å². The van der Waals surface area contributed by atoms with Gasteiger partial charge in [0.1, 0.15) is 6.04 Å². The zero-order valence-electron chi connectivity index (χ0n) is 11.3. The molecule has 0 heterocycles. The Morgan fingerprint density at radius 3 is 2.47 bits per heavy atom. The van der Waals surface area contributed by atoms with Gasteiger partial charge in [-0.25, -0.2) is 4.79 Å². The first-order chi connectivity index (χ1) is 9.02. The summed E-state index contributed by atoms with van der Waals surface area (Å²) in [5.41, 5.74) is 1.72. The zero-order chi connectivity index (χ0) is 14.3. The highest BCUT2D eigenvalue weighted by molar-refractivity contribution is 5.85. The van der Waals surface area contributed by atoms with Crippen molar-refractivity contribution in [2.75, 3.05) is 7.11 Å². The summed E-state index contributed by atoms with van der Waals surface area (Å²) in [4.78, 5) is 23.4. The summed E-state index contributed by atoms with van der Waals surface area (Å²) in [6.07, 6.45) is 0.623. The Balaban J connectivity index is 2.70. The van der Waals surface area contributed by atoms with E-state index >= 15 is 0 Å².